The molecule has 0 radical (unpaired) electrons. The number of primary amides is 1. The molecule has 3 aromatic rings. The molecule has 5 nitrogen and oxygen atoms in total. The summed E-state index contributed by atoms with van der Waals surface area (Å²) in [6.45, 7) is 3.46. The lowest BCUT2D eigenvalue weighted by atomic mass is 9.94. The monoisotopic (exact) mass is 453 g/mol. The lowest BCUT2D eigenvalue weighted by Gasteiger charge is -2.39. The molecule has 33 heavy (non-hydrogen) atoms. The lowest BCUT2D eigenvalue weighted by molar-refractivity contribution is 0.0734. The Kier molecular flexibility index (Phi) is 5.83. The predicted molar refractivity (Wildman–Crippen MR) is 123 cm³/mol. The predicted octanol–water partition coefficient (Wildman–Crippen LogP) is 4.58. The Morgan fingerprint density at radius 1 is 1.27 bits per heavy atom. The minimum atomic E-state index is -0.566. The van der Waals surface area contributed by atoms with Gasteiger partial charge in [-0.25, -0.2) is 8.78 Å². The molecule has 2 unspecified atom stereocenters. The minimum absolute atomic E-state index is 0.0356. The maximum atomic E-state index is 14.3. The van der Waals surface area contributed by atoms with Crippen LogP contribution in [-0.4, -0.2) is 41.0 Å². The molecule has 0 spiro atoms. The lowest BCUT2D eigenvalue weighted by Crippen LogP contribution is -2.49. The summed E-state index contributed by atoms with van der Waals surface area (Å²) in [5, 5.41) is 0.924. The fraction of sp³-hybridized carbons (Fsp3) is 0.423. The van der Waals surface area contributed by atoms with Crippen LogP contribution in [0.3, 0.4) is 0 Å². The topological polar surface area (TPSA) is 71.3 Å². The van der Waals surface area contributed by atoms with Crippen LogP contribution in [0.1, 0.15) is 47.7 Å². The van der Waals surface area contributed by atoms with Crippen molar-refractivity contribution in [1.82, 2.24) is 9.88 Å². The summed E-state index contributed by atoms with van der Waals surface area (Å²) in [5.74, 6) is -0.451. The third kappa shape index (κ3) is 4.34. The van der Waals surface area contributed by atoms with E-state index in [-0.39, 0.29) is 17.6 Å². The molecule has 0 bridgehead atoms. The van der Waals surface area contributed by atoms with Gasteiger partial charge >= 0.3 is 0 Å². The number of H-pyrrole nitrogens is 1. The van der Waals surface area contributed by atoms with Crippen molar-refractivity contribution in [3.8, 4) is 5.75 Å². The van der Waals surface area contributed by atoms with Gasteiger partial charge in [0.05, 0.1) is 0 Å². The van der Waals surface area contributed by atoms with Gasteiger partial charge in [-0.3, -0.25) is 9.69 Å². The van der Waals surface area contributed by atoms with Crippen LogP contribution in [0.25, 0.3) is 10.9 Å². The van der Waals surface area contributed by atoms with Gasteiger partial charge in [0.25, 0.3) is 0 Å². The van der Waals surface area contributed by atoms with Crippen molar-refractivity contribution >= 4 is 16.8 Å². The number of aryl methyl sites for hydroxylation is 1. The Morgan fingerprint density at radius 2 is 2.09 bits per heavy atom. The van der Waals surface area contributed by atoms with E-state index in [1.54, 1.807) is 12.1 Å². The van der Waals surface area contributed by atoms with Gasteiger partial charge in [0, 0.05) is 40.3 Å². The van der Waals surface area contributed by atoms with Gasteiger partial charge in [0.1, 0.15) is 12.4 Å². The highest BCUT2D eigenvalue weighted by molar-refractivity contribution is 5.95. The summed E-state index contributed by atoms with van der Waals surface area (Å²) in [5.41, 5.74) is 8.50. The van der Waals surface area contributed by atoms with Gasteiger partial charge in [-0.1, -0.05) is 0 Å². The summed E-state index contributed by atoms with van der Waals surface area (Å²) >= 11 is 0. The molecule has 1 fully saturated rings. The number of aromatic amines is 1. The van der Waals surface area contributed by atoms with Crippen LogP contribution in [0.4, 0.5) is 8.78 Å². The van der Waals surface area contributed by atoms with Crippen molar-refractivity contribution < 1.29 is 18.3 Å². The number of aromatic nitrogens is 1. The first-order valence-electron chi connectivity index (χ1n) is 11.7. The van der Waals surface area contributed by atoms with Gasteiger partial charge in [-0.2, -0.15) is 0 Å². The standard InChI is InChI=1S/C26H29F2N3O2/c1-15(16-4-5-16)31(10-2-3-17-13-30-24-9-6-18(27)11-21(17)24)19-12-22-20(26(29)32)7-8-23(28)25(22)33-14-19/h6-9,11,13,15-16,19,30H,2-5,10,12,14H2,1H3,(H2,29,32). The van der Waals surface area contributed by atoms with Crippen molar-refractivity contribution in [1.29, 1.82) is 0 Å². The molecule has 2 heterocycles. The van der Waals surface area contributed by atoms with E-state index in [0.717, 1.165) is 35.9 Å². The quantitative estimate of drug-likeness (QED) is 0.524. The molecular formula is C26H29F2N3O2. The molecular weight excluding hydrogens is 424 g/mol. The largest absolute Gasteiger partial charge is 0.489 e. The third-order valence-corrected chi connectivity index (χ3v) is 7.23. The summed E-state index contributed by atoms with van der Waals surface area (Å²) in [6.07, 6.45) is 6.63. The number of halogens is 2. The number of nitrogens with zero attached hydrogens (tertiary/aromatic N) is 1. The first-order valence-corrected chi connectivity index (χ1v) is 11.7. The van der Waals surface area contributed by atoms with Crippen molar-refractivity contribution in [2.75, 3.05) is 13.2 Å². The molecule has 5 rings (SSSR count). The van der Waals surface area contributed by atoms with E-state index in [9.17, 15) is 13.6 Å². The normalized spacial score (nSPS) is 18.8. The zero-order valence-corrected chi connectivity index (χ0v) is 18.7. The van der Waals surface area contributed by atoms with Gasteiger partial charge in [0.2, 0.25) is 5.91 Å². The van der Waals surface area contributed by atoms with E-state index in [2.05, 4.69) is 16.8 Å². The Balaban J connectivity index is 1.34. The van der Waals surface area contributed by atoms with Crippen LogP contribution in [0.15, 0.2) is 36.5 Å². The molecule has 1 aliphatic carbocycles. The number of carbonyl (C=O) groups excluding carboxylic acids is 1. The molecule has 0 saturated heterocycles. The highest BCUT2D eigenvalue weighted by atomic mass is 19.1. The first-order chi connectivity index (χ1) is 15.9. The van der Waals surface area contributed by atoms with Crippen molar-refractivity contribution in [2.45, 2.75) is 51.1 Å². The van der Waals surface area contributed by atoms with Crippen molar-refractivity contribution in [3.63, 3.8) is 0 Å². The van der Waals surface area contributed by atoms with Crippen LogP contribution in [0.5, 0.6) is 5.75 Å². The number of nitrogens with two attached hydrogens (primary N) is 1. The third-order valence-electron chi connectivity index (χ3n) is 7.23. The highest BCUT2D eigenvalue weighted by Gasteiger charge is 2.37. The smallest absolute Gasteiger partial charge is 0.249 e. The SMILES string of the molecule is CC(C1CC1)N(CCCc1c[nH]c2ccc(F)cc12)C1COc2c(F)ccc(C(N)=O)c2C1. The van der Waals surface area contributed by atoms with Gasteiger partial charge in [-0.15, -0.1) is 0 Å². The van der Waals surface area contributed by atoms with E-state index in [0.29, 0.717) is 36.1 Å². The minimum Gasteiger partial charge on any atom is -0.489 e. The fourth-order valence-electron chi connectivity index (χ4n) is 5.25. The van der Waals surface area contributed by atoms with Gasteiger partial charge in [-0.05, 0) is 87.4 Å². The molecule has 3 N–H and O–H groups in total. The number of ether oxygens (including phenoxy) is 1. The maximum Gasteiger partial charge on any atom is 0.249 e. The van der Waals surface area contributed by atoms with E-state index in [1.165, 1.54) is 31.0 Å². The zero-order valence-electron chi connectivity index (χ0n) is 18.7. The molecule has 1 saturated carbocycles. The average molecular weight is 454 g/mol. The molecule has 1 aliphatic heterocycles. The Morgan fingerprint density at radius 3 is 2.85 bits per heavy atom. The number of rotatable bonds is 8. The Hall–Kier alpha value is -2.93. The van der Waals surface area contributed by atoms with Gasteiger partial charge in [0.15, 0.2) is 11.6 Å². The number of hydrogen-bond donors (Lipinski definition) is 2. The van der Waals surface area contributed by atoms with E-state index >= 15 is 0 Å². The second-order valence-electron chi connectivity index (χ2n) is 9.36. The molecule has 174 valence electrons. The van der Waals surface area contributed by atoms with E-state index in [1.807, 2.05) is 6.20 Å². The molecule has 1 amide bonds. The summed E-state index contributed by atoms with van der Waals surface area (Å²) in [4.78, 5) is 17.6. The van der Waals surface area contributed by atoms with Crippen LogP contribution in [0.2, 0.25) is 0 Å². The summed E-state index contributed by atoms with van der Waals surface area (Å²) in [6, 6.07) is 7.91. The van der Waals surface area contributed by atoms with Crippen LogP contribution < -0.4 is 10.5 Å². The fourth-order valence-corrected chi connectivity index (χ4v) is 5.25. The first kappa shape index (κ1) is 21.9. The number of fused-ring (bicyclic) bond motifs is 2. The summed E-state index contributed by atoms with van der Waals surface area (Å²) < 4.78 is 33.9. The molecule has 1 aromatic heterocycles. The average Bonchev–Trinajstić information content (AvgIpc) is 3.58. The zero-order chi connectivity index (χ0) is 23.1. The highest BCUT2D eigenvalue weighted by Crippen LogP contribution is 2.38. The number of benzene rings is 2. The van der Waals surface area contributed by atoms with Crippen LogP contribution in [-0.2, 0) is 12.8 Å². The van der Waals surface area contributed by atoms with Crippen LogP contribution in [0, 0.1) is 17.6 Å². The number of hydrogen-bond acceptors (Lipinski definition) is 3. The molecule has 2 atom stereocenters. The maximum absolute atomic E-state index is 14.3. The van der Waals surface area contributed by atoms with E-state index < -0.39 is 11.7 Å². The van der Waals surface area contributed by atoms with Gasteiger partial charge < -0.3 is 15.5 Å². The number of nitrogens with one attached hydrogen (secondary N) is 1. The second kappa shape index (κ2) is 8.78. The van der Waals surface area contributed by atoms with Crippen LogP contribution >= 0.6 is 0 Å². The Labute approximate surface area is 191 Å². The summed E-state index contributed by atoms with van der Waals surface area (Å²) in [7, 11) is 0. The number of carbonyl (C=O) groups is 1. The second-order valence-corrected chi connectivity index (χ2v) is 9.36. The van der Waals surface area contributed by atoms with Crippen molar-refractivity contribution in [2.24, 2.45) is 11.7 Å². The molecule has 2 aliphatic rings. The molecule has 2 aromatic carbocycles. The van der Waals surface area contributed by atoms with E-state index in [4.69, 9.17) is 10.5 Å². The number of amides is 1. The molecule has 7 heteroatoms. The Bertz CT molecular complexity index is 1190. The van der Waals surface area contributed by atoms with Crippen molar-refractivity contribution in [3.05, 3.63) is 64.9 Å².